The number of pyridine rings is 1. The molecule has 7 nitrogen and oxygen atoms in total. The normalized spacial score (nSPS) is 11.5. The molecule has 0 spiro atoms. The van der Waals surface area contributed by atoms with Crippen molar-refractivity contribution in [1.29, 1.82) is 0 Å². The van der Waals surface area contributed by atoms with E-state index >= 15 is 0 Å². The van der Waals surface area contributed by atoms with Crippen LogP contribution < -0.4 is 10.0 Å². The summed E-state index contributed by atoms with van der Waals surface area (Å²) in [5.41, 5.74) is 3.88. The van der Waals surface area contributed by atoms with Gasteiger partial charge in [-0.3, -0.25) is 4.98 Å². The minimum atomic E-state index is -3.76. The van der Waals surface area contributed by atoms with Gasteiger partial charge in [0.25, 0.3) is 0 Å². The number of hydrogen-bond acceptors (Lipinski definition) is 6. The van der Waals surface area contributed by atoms with Gasteiger partial charge in [0.15, 0.2) is 5.82 Å². The van der Waals surface area contributed by atoms with Crippen molar-refractivity contribution in [3.05, 3.63) is 114 Å². The van der Waals surface area contributed by atoms with E-state index in [4.69, 9.17) is 0 Å². The quantitative estimate of drug-likeness (QED) is 0.311. The van der Waals surface area contributed by atoms with Gasteiger partial charge in [-0.15, -0.1) is 10.2 Å². The number of nitrogens with one attached hydrogen (secondary N) is 2. The Balaban J connectivity index is 1.47. The molecular weight excluding hydrogens is 470 g/mol. The minimum Gasteiger partial charge on any atom is -0.364 e. The summed E-state index contributed by atoms with van der Waals surface area (Å²) in [4.78, 5) is 4.25. The first-order valence-electron chi connectivity index (χ1n) is 11.5. The van der Waals surface area contributed by atoms with Crippen LogP contribution in [0.25, 0.3) is 22.0 Å². The van der Waals surface area contributed by atoms with Crippen LogP contribution in [0.5, 0.6) is 0 Å². The van der Waals surface area contributed by atoms with Gasteiger partial charge in [0.05, 0.1) is 4.90 Å². The third kappa shape index (κ3) is 5.10. The molecule has 36 heavy (non-hydrogen) atoms. The Morgan fingerprint density at radius 3 is 2.31 bits per heavy atom. The van der Waals surface area contributed by atoms with Gasteiger partial charge >= 0.3 is 0 Å². The molecular formula is C28H25N5O2S. The Bertz CT molecular complexity index is 1610. The summed E-state index contributed by atoms with van der Waals surface area (Å²) in [6, 6.07) is 26.9. The van der Waals surface area contributed by atoms with Gasteiger partial charge in [-0.05, 0) is 35.7 Å². The molecule has 0 unspecified atom stereocenters. The molecule has 0 fully saturated rings. The summed E-state index contributed by atoms with van der Waals surface area (Å²) in [5.74, 6) is 0.677. The zero-order chi connectivity index (χ0) is 25.0. The number of benzene rings is 3. The Hall–Kier alpha value is -4.14. The van der Waals surface area contributed by atoms with E-state index in [1.807, 2.05) is 66.7 Å². The molecule has 0 aliphatic heterocycles. The third-order valence-electron chi connectivity index (χ3n) is 5.93. The zero-order valence-electron chi connectivity index (χ0n) is 19.7. The van der Waals surface area contributed by atoms with Crippen molar-refractivity contribution in [3.63, 3.8) is 0 Å². The number of aryl methyl sites for hydroxylation is 1. The van der Waals surface area contributed by atoms with Crippen molar-refractivity contribution in [2.45, 2.75) is 24.9 Å². The number of nitrogens with zero attached hydrogens (tertiary/aromatic N) is 3. The van der Waals surface area contributed by atoms with Crippen LogP contribution >= 0.6 is 0 Å². The Morgan fingerprint density at radius 1 is 0.778 bits per heavy atom. The fraction of sp³-hybridized carbons (Fsp3) is 0.107. The number of hydrogen-bond donors (Lipinski definition) is 2. The smallest absolute Gasteiger partial charge is 0.241 e. The average molecular weight is 496 g/mol. The SMILES string of the molecule is Cc1ccc(-c2nnc(NCc3ccccc3)c3ccccc23)cc1S(=O)(=O)NCc1cccnc1. The second-order valence-corrected chi connectivity index (χ2v) is 10.2. The average Bonchev–Trinajstić information content (AvgIpc) is 2.92. The van der Waals surface area contributed by atoms with E-state index in [0.717, 1.165) is 21.9 Å². The maximum Gasteiger partial charge on any atom is 0.241 e. The molecule has 0 amide bonds. The van der Waals surface area contributed by atoms with Crippen LogP contribution in [0.1, 0.15) is 16.7 Å². The van der Waals surface area contributed by atoms with Crippen molar-refractivity contribution >= 4 is 26.6 Å². The molecule has 0 aliphatic carbocycles. The highest BCUT2D eigenvalue weighted by Gasteiger charge is 2.19. The molecule has 2 heterocycles. The van der Waals surface area contributed by atoms with Gasteiger partial charge in [0.1, 0.15) is 5.69 Å². The third-order valence-corrected chi connectivity index (χ3v) is 7.47. The van der Waals surface area contributed by atoms with Crippen molar-refractivity contribution in [2.24, 2.45) is 0 Å². The van der Waals surface area contributed by atoms with Crippen LogP contribution in [0.2, 0.25) is 0 Å². The molecule has 0 atom stereocenters. The summed E-state index contributed by atoms with van der Waals surface area (Å²) < 4.78 is 29.0. The van der Waals surface area contributed by atoms with E-state index in [0.29, 0.717) is 29.2 Å². The van der Waals surface area contributed by atoms with E-state index < -0.39 is 10.0 Å². The number of rotatable bonds is 8. The molecule has 0 bridgehead atoms. The first-order valence-corrected chi connectivity index (χ1v) is 13.0. The van der Waals surface area contributed by atoms with Crippen molar-refractivity contribution in [1.82, 2.24) is 19.9 Å². The predicted molar refractivity (Wildman–Crippen MR) is 142 cm³/mol. The lowest BCUT2D eigenvalue weighted by Crippen LogP contribution is -2.24. The summed E-state index contributed by atoms with van der Waals surface area (Å²) in [6.07, 6.45) is 3.29. The Labute approximate surface area is 210 Å². The molecule has 0 saturated heterocycles. The van der Waals surface area contributed by atoms with E-state index in [-0.39, 0.29) is 11.4 Å². The van der Waals surface area contributed by atoms with Gasteiger partial charge in [-0.1, -0.05) is 72.8 Å². The number of aromatic nitrogens is 3. The van der Waals surface area contributed by atoms with Crippen LogP contribution in [0.3, 0.4) is 0 Å². The summed E-state index contributed by atoms with van der Waals surface area (Å²) >= 11 is 0. The van der Waals surface area contributed by atoms with Gasteiger partial charge in [0.2, 0.25) is 10.0 Å². The highest BCUT2D eigenvalue weighted by atomic mass is 32.2. The first-order chi connectivity index (χ1) is 17.5. The molecule has 0 saturated carbocycles. The molecule has 5 rings (SSSR count). The molecule has 0 radical (unpaired) electrons. The molecule has 8 heteroatoms. The van der Waals surface area contributed by atoms with Crippen LogP contribution in [0.15, 0.2) is 102 Å². The van der Waals surface area contributed by atoms with Crippen molar-refractivity contribution in [3.8, 4) is 11.3 Å². The number of anilines is 1. The zero-order valence-corrected chi connectivity index (χ0v) is 20.5. The fourth-order valence-corrected chi connectivity index (χ4v) is 5.31. The van der Waals surface area contributed by atoms with E-state index in [1.165, 1.54) is 0 Å². The van der Waals surface area contributed by atoms with Gasteiger partial charge in [-0.2, -0.15) is 0 Å². The maximum absolute atomic E-state index is 13.2. The van der Waals surface area contributed by atoms with Crippen molar-refractivity contribution in [2.75, 3.05) is 5.32 Å². The monoisotopic (exact) mass is 495 g/mol. The summed E-state index contributed by atoms with van der Waals surface area (Å²) in [5, 5.41) is 14.1. The van der Waals surface area contributed by atoms with Crippen LogP contribution in [-0.4, -0.2) is 23.6 Å². The number of fused-ring (bicyclic) bond motifs is 1. The minimum absolute atomic E-state index is 0.157. The molecule has 5 aromatic rings. The van der Waals surface area contributed by atoms with Crippen molar-refractivity contribution < 1.29 is 8.42 Å². The van der Waals surface area contributed by atoms with Crippen LogP contribution in [-0.2, 0) is 23.1 Å². The Morgan fingerprint density at radius 2 is 1.53 bits per heavy atom. The first kappa shape index (κ1) is 23.6. The van der Waals surface area contributed by atoms with Crippen LogP contribution in [0, 0.1) is 6.92 Å². The molecule has 180 valence electrons. The predicted octanol–water partition coefficient (Wildman–Crippen LogP) is 5.09. The summed E-state index contributed by atoms with van der Waals surface area (Å²) in [6.45, 7) is 2.56. The van der Waals surface area contributed by atoms with E-state index in [9.17, 15) is 8.42 Å². The largest absolute Gasteiger partial charge is 0.364 e. The molecule has 3 aromatic carbocycles. The van der Waals surface area contributed by atoms with Gasteiger partial charge < -0.3 is 5.32 Å². The topological polar surface area (TPSA) is 96.9 Å². The Kier molecular flexibility index (Phi) is 6.71. The second-order valence-electron chi connectivity index (χ2n) is 8.45. The molecule has 2 aromatic heterocycles. The summed E-state index contributed by atoms with van der Waals surface area (Å²) in [7, 11) is -3.76. The highest BCUT2D eigenvalue weighted by Crippen LogP contribution is 2.32. The fourth-order valence-electron chi connectivity index (χ4n) is 4.02. The van der Waals surface area contributed by atoms with Gasteiger partial charge in [-0.25, -0.2) is 13.1 Å². The van der Waals surface area contributed by atoms with Crippen LogP contribution in [0.4, 0.5) is 5.82 Å². The number of sulfonamides is 1. The van der Waals surface area contributed by atoms with E-state index in [1.54, 1.807) is 37.5 Å². The standard InChI is InChI=1S/C28H25N5O2S/c1-20-13-14-23(16-26(20)36(34,35)31-19-22-10-7-15-29-17-22)27-24-11-5-6-12-25(24)28(33-32-27)30-18-21-8-3-2-4-9-21/h2-17,31H,18-19H2,1H3,(H,30,33). The van der Waals surface area contributed by atoms with E-state index in [2.05, 4.69) is 25.2 Å². The lowest BCUT2D eigenvalue weighted by Gasteiger charge is -2.14. The molecule has 0 aliphatic rings. The highest BCUT2D eigenvalue weighted by molar-refractivity contribution is 7.89. The lowest BCUT2D eigenvalue weighted by molar-refractivity contribution is 0.580. The van der Waals surface area contributed by atoms with Gasteiger partial charge in [0, 0.05) is 41.8 Å². The second kappa shape index (κ2) is 10.2. The molecule has 2 N–H and O–H groups in total. The lowest BCUT2D eigenvalue weighted by atomic mass is 10.0. The maximum atomic E-state index is 13.2.